The number of aromatic hydroxyl groups is 1. The Hall–Kier alpha value is -6.00. The summed E-state index contributed by atoms with van der Waals surface area (Å²) in [5.41, 5.74) is 4.16. The second kappa shape index (κ2) is 18.3. The van der Waals surface area contributed by atoms with Crippen LogP contribution in [0.3, 0.4) is 0 Å². The van der Waals surface area contributed by atoms with Crippen molar-refractivity contribution in [3.05, 3.63) is 108 Å². The topological polar surface area (TPSA) is 164 Å². The maximum Gasteiger partial charge on any atom is 0.255 e. The number of piperidine rings is 1. The highest BCUT2D eigenvalue weighted by molar-refractivity contribution is 7.90. The minimum Gasteiger partial charge on any atom is -0.508 e. The van der Waals surface area contributed by atoms with E-state index in [1.165, 1.54) is 6.26 Å². The van der Waals surface area contributed by atoms with Crippen LogP contribution in [0.2, 0.25) is 0 Å². The molecule has 0 saturated carbocycles. The molecule has 0 radical (unpaired) electrons. The largest absolute Gasteiger partial charge is 0.508 e. The lowest BCUT2D eigenvalue weighted by molar-refractivity contribution is -0.136. The number of benzene rings is 5. The summed E-state index contributed by atoms with van der Waals surface area (Å²) < 4.78 is 47.9. The van der Waals surface area contributed by atoms with Crippen molar-refractivity contribution in [2.75, 3.05) is 76.9 Å². The zero-order valence-electron chi connectivity index (χ0n) is 33.9. The molecule has 3 heterocycles. The number of hydrogen-bond donors (Lipinski definition) is 2. The van der Waals surface area contributed by atoms with Gasteiger partial charge in [0.1, 0.15) is 35.6 Å². The lowest BCUT2D eigenvalue weighted by atomic mass is 9.99. The van der Waals surface area contributed by atoms with Crippen LogP contribution in [-0.4, -0.2) is 119 Å². The number of nitrogens with zero attached hydrogens (tertiary/aromatic N) is 3. The Bertz CT molecular complexity index is 2520. The fourth-order valence-electron chi connectivity index (χ4n) is 7.95. The number of amides is 3. The predicted molar refractivity (Wildman–Crippen MR) is 229 cm³/mol. The Morgan fingerprint density at radius 1 is 0.754 bits per heavy atom. The van der Waals surface area contributed by atoms with Crippen LogP contribution in [0.25, 0.3) is 21.9 Å². The second-order valence-corrected chi connectivity index (χ2v) is 17.4. The number of anilines is 1. The van der Waals surface area contributed by atoms with Gasteiger partial charge in [-0.3, -0.25) is 24.6 Å². The molecule has 15 heteroatoms. The van der Waals surface area contributed by atoms with Gasteiger partial charge in [-0.25, -0.2) is 8.42 Å². The summed E-state index contributed by atoms with van der Waals surface area (Å²) >= 11 is 0. The number of phenolic OH excluding ortho intramolecular Hbond substituents is 1. The average molecular weight is 849 g/mol. The van der Waals surface area contributed by atoms with E-state index in [4.69, 9.17) is 18.9 Å². The van der Waals surface area contributed by atoms with Crippen molar-refractivity contribution in [3.8, 4) is 34.1 Å². The van der Waals surface area contributed by atoms with Crippen LogP contribution in [0.15, 0.2) is 102 Å². The third-order valence-electron chi connectivity index (χ3n) is 11.3. The first-order valence-corrected chi connectivity index (χ1v) is 22.3. The number of ether oxygens (including phenoxy) is 4. The van der Waals surface area contributed by atoms with Gasteiger partial charge in [0.15, 0.2) is 9.84 Å². The van der Waals surface area contributed by atoms with Crippen molar-refractivity contribution in [1.29, 1.82) is 0 Å². The molecule has 2 saturated heterocycles. The van der Waals surface area contributed by atoms with Crippen molar-refractivity contribution < 1.29 is 46.9 Å². The fraction of sp³-hybridized carbons (Fsp3) is 0.326. The zero-order valence-corrected chi connectivity index (χ0v) is 34.7. The van der Waals surface area contributed by atoms with Crippen LogP contribution < -0.4 is 19.7 Å². The van der Waals surface area contributed by atoms with E-state index in [1.54, 1.807) is 47.4 Å². The highest BCUT2D eigenvalue weighted by Crippen LogP contribution is 2.41. The van der Waals surface area contributed by atoms with Gasteiger partial charge in [-0.05, 0) is 102 Å². The summed E-state index contributed by atoms with van der Waals surface area (Å²) in [4.78, 5) is 43.5. The summed E-state index contributed by atoms with van der Waals surface area (Å²) in [6, 6.07) is 28.1. The number of carbonyl (C=O) groups is 3. The quantitative estimate of drug-likeness (QED) is 0.0962. The highest BCUT2D eigenvalue weighted by atomic mass is 32.2. The van der Waals surface area contributed by atoms with Crippen LogP contribution >= 0.6 is 0 Å². The van der Waals surface area contributed by atoms with Gasteiger partial charge in [-0.1, -0.05) is 18.2 Å². The lowest BCUT2D eigenvalue weighted by Gasteiger charge is -2.36. The highest BCUT2D eigenvalue weighted by Gasteiger charge is 2.39. The lowest BCUT2D eigenvalue weighted by Crippen LogP contribution is -2.52. The normalized spacial score (nSPS) is 17.1. The van der Waals surface area contributed by atoms with Crippen molar-refractivity contribution >= 4 is 44.0 Å². The van der Waals surface area contributed by atoms with E-state index in [9.17, 15) is 27.9 Å². The molecule has 3 amide bonds. The third kappa shape index (κ3) is 9.81. The van der Waals surface area contributed by atoms with Gasteiger partial charge in [0, 0.05) is 74.1 Å². The van der Waals surface area contributed by atoms with Crippen molar-refractivity contribution in [2.24, 2.45) is 0 Å². The van der Waals surface area contributed by atoms with E-state index in [-0.39, 0.29) is 28.9 Å². The SMILES string of the molecule is CS(=O)(=O)c1ccc(-c2ccc3cc(O)ccc3c2Oc2ccc(OCCOCCOCCN3CCN(c4ccc5c(c4)CN(C4CCC(=O)NC4=O)C5=O)CC3)cc2)cc1. The number of carbonyl (C=O) groups excluding carboxylic acids is 3. The molecule has 318 valence electrons. The average Bonchev–Trinajstić information content (AvgIpc) is 3.58. The Morgan fingerprint density at radius 3 is 2.20 bits per heavy atom. The summed E-state index contributed by atoms with van der Waals surface area (Å²) in [5, 5.41) is 14.0. The van der Waals surface area contributed by atoms with E-state index >= 15 is 0 Å². The number of piperazine rings is 1. The molecule has 0 aromatic heterocycles. The Balaban J connectivity index is 0.728. The van der Waals surface area contributed by atoms with E-state index in [2.05, 4.69) is 21.2 Å². The van der Waals surface area contributed by atoms with Gasteiger partial charge in [0.05, 0.1) is 31.3 Å². The van der Waals surface area contributed by atoms with Crippen LogP contribution in [-0.2, 0) is 35.4 Å². The summed E-state index contributed by atoms with van der Waals surface area (Å²) in [5.74, 6) is 1.11. The first kappa shape index (κ1) is 41.7. The molecule has 2 fully saturated rings. The predicted octanol–water partition coefficient (Wildman–Crippen LogP) is 5.40. The van der Waals surface area contributed by atoms with Gasteiger partial charge < -0.3 is 33.9 Å². The summed E-state index contributed by atoms with van der Waals surface area (Å²) in [6.07, 6.45) is 1.76. The number of fused-ring (bicyclic) bond motifs is 2. The number of rotatable bonds is 16. The molecule has 14 nitrogen and oxygen atoms in total. The first-order valence-electron chi connectivity index (χ1n) is 20.4. The van der Waals surface area contributed by atoms with E-state index in [1.807, 2.05) is 48.5 Å². The Morgan fingerprint density at radius 2 is 1.46 bits per heavy atom. The molecular weight excluding hydrogens is 801 g/mol. The molecule has 0 bridgehead atoms. The first-order chi connectivity index (χ1) is 29.5. The van der Waals surface area contributed by atoms with Gasteiger partial charge in [-0.15, -0.1) is 0 Å². The minimum absolute atomic E-state index is 0.142. The van der Waals surface area contributed by atoms with Gasteiger partial charge in [-0.2, -0.15) is 0 Å². The molecule has 5 aromatic rings. The van der Waals surface area contributed by atoms with Crippen molar-refractivity contribution in [1.82, 2.24) is 15.1 Å². The second-order valence-electron chi connectivity index (χ2n) is 15.4. The van der Waals surface area contributed by atoms with Gasteiger partial charge in [0.2, 0.25) is 11.8 Å². The molecule has 8 rings (SSSR count). The monoisotopic (exact) mass is 848 g/mol. The van der Waals surface area contributed by atoms with E-state index in [0.717, 1.165) is 65.9 Å². The summed E-state index contributed by atoms with van der Waals surface area (Å²) in [7, 11) is -3.34. The standard InChI is InChI=1S/C46H48N4O10S/c1-61(55,56)38-11-2-31(3-12-38)39-13-4-32-29-35(51)6-15-40(32)44(39)60-37-9-7-36(8-10-37)59-27-26-58-25-24-57-23-22-48-18-20-49(21-19-48)34-5-14-41-33(28-34)30-50(46(41)54)42-16-17-43(52)47-45(42)53/h2-15,28-29,42,51H,16-27,30H2,1H3,(H,47,52,53). The van der Waals surface area contributed by atoms with Gasteiger partial charge >= 0.3 is 0 Å². The molecule has 61 heavy (non-hydrogen) atoms. The smallest absolute Gasteiger partial charge is 0.255 e. The molecule has 1 unspecified atom stereocenters. The van der Waals surface area contributed by atoms with Crippen LogP contribution in [0.1, 0.15) is 28.8 Å². The molecule has 5 aromatic carbocycles. The van der Waals surface area contributed by atoms with Crippen molar-refractivity contribution in [2.45, 2.75) is 30.3 Å². The van der Waals surface area contributed by atoms with Crippen LogP contribution in [0, 0.1) is 0 Å². The molecule has 3 aliphatic heterocycles. The molecule has 3 aliphatic rings. The van der Waals surface area contributed by atoms with E-state index < -0.39 is 21.8 Å². The number of imide groups is 1. The Labute approximate surface area is 354 Å². The maximum absolute atomic E-state index is 13.1. The number of hydrogen-bond acceptors (Lipinski definition) is 12. The molecule has 0 aliphatic carbocycles. The maximum atomic E-state index is 13.1. The van der Waals surface area contributed by atoms with Gasteiger partial charge in [0.25, 0.3) is 5.91 Å². The van der Waals surface area contributed by atoms with Crippen LogP contribution in [0.4, 0.5) is 5.69 Å². The van der Waals surface area contributed by atoms with E-state index in [0.29, 0.717) is 68.8 Å². The third-order valence-corrected chi connectivity index (χ3v) is 12.4. The summed E-state index contributed by atoms with van der Waals surface area (Å²) in [6.45, 7) is 6.97. The molecule has 1 atom stereocenters. The molecular formula is C46H48N4O10S. The minimum atomic E-state index is -3.34. The Kier molecular flexibility index (Phi) is 12.5. The zero-order chi connectivity index (χ0) is 42.5. The number of nitrogens with one attached hydrogen (secondary N) is 1. The van der Waals surface area contributed by atoms with Crippen molar-refractivity contribution in [3.63, 3.8) is 0 Å². The van der Waals surface area contributed by atoms with Crippen LogP contribution in [0.5, 0.6) is 23.0 Å². The fourth-order valence-corrected chi connectivity index (χ4v) is 8.58. The number of sulfone groups is 1. The number of phenols is 1. The molecule has 0 spiro atoms. The molecule has 2 N–H and O–H groups in total.